The summed E-state index contributed by atoms with van der Waals surface area (Å²) >= 11 is 0. The molecular weight excluding hydrogens is 254 g/mol. The lowest BCUT2D eigenvalue weighted by atomic mass is 9.98. The van der Waals surface area contributed by atoms with Crippen LogP contribution in [0.25, 0.3) is 0 Å². The largest absolute Gasteiger partial charge is 0.475 e. The standard InChI is InChI=1S/C11H17N3O5/c1-3-13-10(16)9-8(14-5(2)15)6(12)4-7(19-9)11(17)18/h4,6,8-9H,3,12H2,1-2H3,(H,13,16)(H,14,15)(H,17,18)/t6-,8+,9+/m0/s1. The van der Waals surface area contributed by atoms with Gasteiger partial charge in [-0.25, -0.2) is 4.79 Å². The summed E-state index contributed by atoms with van der Waals surface area (Å²) in [6.45, 7) is 3.34. The quantitative estimate of drug-likeness (QED) is 0.483. The minimum Gasteiger partial charge on any atom is -0.475 e. The van der Waals surface area contributed by atoms with E-state index in [0.29, 0.717) is 6.54 Å². The van der Waals surface area contributed by atoms with Crippen molar-refractivity contribution in [3.05, 3.63) is 11.8 Å². The number of aliphatic carboxylic acids is 1. The zero-order valence-electron chi connectivity index (χ0n) is 10.7. The van der Waals surface area contributed by atoms with Gasteiger partial charge in [-0.15, -0.1) is 0 Å². The number of carbonyl (C=O) groups is 3. The molecule has 0 fully saturated rings. The van der Waals surface area contributed by atoms with Crippen LogP contribution in [0.15, 0.2) is 11.8 Å². The molecule has 1 aliphatic heterocycles. The van der Waals surface area contributed by atoms with Crippen LogP contribution in [0.4, 0.5) is 0 Å². The van der Waals surface area contributed by atoms with Gasteiger partial charge >= 0.3 is 5.97 Å². The highest BCUT2D eigenvalue weighted by atomic mass is 16.5. The number of nitrogens with two attached hydrogens (primary N) is 1. The van der Waals surface area contributed by atoms with E-state index in [4.69, 9.17) is 15.6 Å². The second-order valence-corrected chi connectivity index (χ2v) is 4.07. The molecular formula is C11H17N3O5. The van der Waals surface area contributed by atoms with Gasteiger partial charge in [-0.2, -0.15) is 0 Å². The Labute approximate surface area is 110 Å². The predicted octanol–water partition coefficient (Wildman–Crippen LogP) is -1.68. The Morgan fingerprint density at radius 1 is 1.47 bits per heavy atom. The maximum atomic E-state index is 11.8. The number of nitrogens with one attached hydrogen (secondary N) is 2. The van der Waals surface area contributed by atoms with Gasteiger partial charge in [-0.1, -0.05) is 0 Å². The van der Waals surface area contributed by atoms with E-state index < -0.39 is 35.8 Å². The molecule has 106 valence electrons. The average molecular weight is 271 g/mol. The molecule has 0 aliphatic carbocycles. The highest BCUT2D eigenvalue weighted by Crippen LogP contribution is 2.18. The zero-order valence-corrected chi connectivity index (χ0v) is 10.7. The zero-order chi connectivity index (χ0) is 14.6. The van der Waals surface area contributed by atoms with E-state index in [1.54, 1.807) is 6.92 Å². The molecule has 0 saturated heterocycles. The fourth-order valence-electron chi connectivity index (χ4n) is 1.75. The van der Waals surface area contributed by atoms with Gasteiger partial charge in [-0.05, 0) is 13.0 Å². The summed E-state index contributed by atoms with van der Waals surface area (Å²) in [7, 11) is 0. The molecule has 1 aliphatic rings. The van der Waals surface area contributed by atoms with Crippen LogP contribution in [-0.2, 0) is 19.1 Å². The van der Waals surface area contributed by atoms with E-state index in [0.717, 1.165) is 0 Å². The van der Waals surface area contributed by atoms with Crippen molar-refractivity contribution in [2.45, 2.75) is 32.0 Å². The van der Waals surface area contributed by atoms with Crippen LogP contribution in [0.3, 0.4) is 0 Å². The van der Waals surface area contributed by atoms with Crippen molar-refractivity contribution >= 4 is 17.8 Å². The topological polar surface area (TPSA) is 131 Å². The maximum absolute atomic E-state index is 11.8. The summed E-state index contributed by atoms with van der Waals surface area (Å²) < 4.78 is 5.10. The summed E-state index contributed by atoms with van der Waals surface area (Å²) in [6, 6.07) is -1.64. The molecule has 8 heteroatoms. The highest BCUT2D eigenvalue weighted by molar-refractivity contribution is 5.88. The summed E-state index contributed by atoms with van der Waals surface area (Å²) in [5.74, 6) is -2.62. The van der Waals surface area contributed by atoms with Gasteiger partial charge in [0.15, 0.2) is 6.10 Å². The molecule has 1 heterocycles. The van der Waals surface area contributed by atoms with Gasteiger partial charge in [0.05, 0.1) is 12.1 Å². The lowest BCUT2D eigenvalue weighted by Gasteiger charge is -2.34. The van der Waals surface area contributed by atoms with E-state index in [1.807, 2.05) is 0 Å². The van der Waals surface area contributed by atoms with Crippen LogP contribution in [0.1, 0.15) is 13.8 Å². The number of ether oxygens (including phenoxy) is 1. The molecule has 2 amide bonds. The van der Waals surface area contributed by atoms with Crippen LogP contribution in [0, 0.1) is 0 Å². The number of rotatable bonds is 4. The lowest BCUT2D eigenvalue weighted by molar-refractivity contribution is -0.143. The van der Waals surface area contributed by atoms with Crippen molar-refractivity contribution in [1.29, 1.82) is 0 Å². The lowest BCUT2D eigenvalue weighted by Crippen LogP contribution is -2.60. The molecule has 0 unspecified atom stereocenters. The van der Waals surface area contributed by atoms with Crippen LogP contribution in [0.5, 0.6) is 0 Å². The molecule has 0 spiro atoms. The Morgan fingerprint density at radius 2 is 2.11 bits per heavy atom. The normalized spacial score (nSPS) is 25.8. The molecule has 5 N–H and O–H groups in total. The minimum absolute atomic E-state index is 0.354. The third-order valence-corrected chi connectivity index (χ3v) is 2.53. The molecule has 0 aromatic carbocycles. The Balaban J connectivity index is 3.00. The Bertz CT molecular complexity index is 421. The summed E-state index contributed by atoms with van der Waals surface area (Å²) in [5, 5.41) is 13.9. The van der Waals surface area contributed by atoms with Crippen LogP contribution in [-0.4, -0.2) is 47.6 Å². The average Bonchev–Trinajstić information content (AvgIpc) is 2.30. The smallest absolute Gasteiger partial charge is 0.370 e. The first-order chi connectivity index (χ1) is 8.86. The van der Waals surface area contributed by atoms with Crippen molar-refractivity contribution in [3.63, 3.8) is 0 Å². The van der Waals surface area contributed by atoms with E-state index in [2.05, 4.69) is 10.6 Å². The third-order valence-electron chi connectivity index (χ3n) is 2.53. The maximum Gasteiger partial charge on any atom is 0.370 e. The molecule has 0 aromatic heterocycles. The monoisotopic (exact) mass is 271 g/mol. The molecule has 3 atom stereocenters. The first-order valence-electron chi connectivity index (χ1n) is 5.79. The molecule has 1 rings (SSSR count). The second-order valence-electron chi connectivity index (χ2n) is 4.07. The van der Waals surface area contributed by atoms with Crippen molar-refractivity contribution in [2.24, 2.45) is 5.73 Å². The van der Waals surface area contributed by atoms with Gasteiger partial charge < -0.3 is 26.2 Å². The van der Waals surface area contributed by atoms with E-state index in [9.17, 15) is 14.4 Å². The SMILES string of the molecule is CCNC(=O)[C@@H]1OC(C(=O)O)=C[C@H](N)[C@H]1NC(C)=O. The minimum atomic E-state index is -1.31. The highest BCUT2D eigenvalue weighted by Gasteiger charge is 2.39. The Kier molecular flexibility index (Phi) is 4.87. The summed E-state index contributed by atoms with van der Waals surface area (Å²) in [5.41, 5.74) is 5.77. The molecule has 8 nitrogen and oxygen atoms in total. The van der Waals surface area contributed by atoms with Crippen LogP contribution >= 0.6 is 0 Å². The molecule has 0 radical (unpaired) electrons. The van der Waals surface area contributed by atoms with Crippen LogP contribution in [0.2, 0.25) is 0 Å². The number of carboxylic acid groups (broad SMARTS) is 1. The fourth-order valence-corrected chi connectivity index (χ4v) is 1.75. The predicted molar refractivity (Wildman–Crippen MR) is 64.9 cm³/mol. The van der Waals surface area contributed by atoms with Crippen molar-refractivity contribution in [1.82, 2.24) is 10.6 Å². The first kappa shape index (κ1) is 15.0. The van der Waals surface area contributed by atoms with E-state index in [-0.39, 0.29) is 5.91 Å². The van der Waals surface area contributed by atoms with E-state index >= 15 is 0 Å². The molecule has 19 heavy (non-hydrogen) atoms. The van der Waals surface area contributed by atoms with Gasteiger partial charge in [0.25, 0.3) is 5.91 Å². The van der Waals surface area contributed by atoms with Crippen molar-refractivity contribution in [3.8, 4) is 0 Å². The van der Waals surface area contributed by atoms with Crippen molar-refractivity contribution in [2.75, 3.05) is 6.54 Å². The van der Waals surface area contributed by atoms with Gasteiger partial charge in [-0.3, -0.25) is 9.59 Å². The second kappa shape index (κ2) is 6.19. The first-order valence-corrected chi connectivity index (χ1v) is 5.79. The molecule has 0 saturated carbocycles. The van der Waals surface area contributed by atoms with Crippen molar-refractivity contribution < 1.29 is 24.2 Å². The summed E-state index contributed by atoms with van der Waals surface area (Å²) in [4.78, 5) is 33.8. The molecule has 0 aromatic rings. The number of carbonyl (C=O) groups excluding carboxylic acids is 2. The number of hydrogen-bond donors (Lipinski definition) is 4. The van der Waals surface area contributed by atoms with E-state index in [1.165, 1.54) is 13.0 Å². The Morgan fingerprint density at radius 3 is 2.58 bits per heavy atom. The number of hydrogen-bond acceptors (Lipinski definition) is 5. The summed E-state index contributed by atoms with van der Waals surface area (Å²) in [6.07, 6.45) is -0.00600. The number of amides is 2. The van der Waals surface area contributed by atoms with Crippen LogP contribution < -0.4 is 16.4 Å². The van der Waals surface area contributed by atoms with Gasteiger partial charge in [0, 0.05) is 13.5 Å². The third kappa shape index (κ3) is 3.68. The fraction of sp³-hybridized carbons (Fsp3) is 0.545. The Hall–Kier alpha value is -2.09. The van der Waals surface area contributed by atoms with Gasteiger partial charge in [0.2, 0.25) is 11.7 Å². The van der Waals surface area contributed by atoms with Gasteiger partial charge in [0.1, 0.15) is 0 Å². The number of carboxylic acids is 1. The molecule has 0 bridgehead atoms. The number of likely N-dealkylation sites (N-methyl/N-ethyl adjacent to an activating group) is 1.